The fourth-order valence-corrected chi connectivity index (χ4v) is 14.2. The highest BCUT2D eigenvalue weighted by molar-refractivity contribution is 6.01. The van der Waals surface area contributed by atoms with Gasteiger partial charge in [-0.15, -0.1) is 0 Å². The number of amides is 4. The summed E-state index contributed by atoms with van der Waals surface area (Å²) in [6.45, 7) is 16.5. The maximum Gasteiger partial charge on any atom is 0.416 e. The Bertz CT molecular complexity index is 4690. The maximum atomic E-state index is 14.0. The van der Waals surface area contributed by atoms with E-state index in [4.69, 9.17) is 23.7 Å². The first-order valence-corrected chi connectivity index (χ1v) is 37.5. The number of benzene rings is 7. The maximum absolute atomic E-state index is 14.0. The molecule has 2 fully saturated rings. The van der Waals surface area contributed by atoms with Gasteiger partial charge >= 0.3 is 24.1 Å². The molecule has 2 aliphatic heterocycles. The lowest BCUT2D eigenvalue weighted by molar-refractivity contribution is -0.142. The lowest BCUT2D eigenvalue weighted by Crippen LogP contribution is -2.42. The number of carbonyl (C=O) groups excluding carboxylic acids is 8. The van der Waals surface area contributed by atoms with E-state index in [9.17, 15) is 43.5 Å². The van der Waals surface area contributed by atoms with Crippen molar-refractivity contribution in [3.8, 4) is 33.8 Å². The number of esters is 2. The Morgan fingerprint density at radius 2 is 0.908 bits per heavy atom. The Labute approximate surface area is 638 Å². The molecule has 570 valence electrons. The molecule has 0 saturated carbocycles. The minimum atomic E-state index is -0.703. The predicted octanol–water partition coefficient (Wildman–Crippen LogP) is 17.3. The Morgan fingerprint density at radius 1 is 0.495 bits per heavy atom. The summed E-state index contributed by atoms with van der Waals surface area (Å²) < 4.78 is 27.6. The molecule has 4 atom stereocenters. The number of carbonyl (C=O) groups is 8. The summed E-state index contributed by atoms with van der Waals surface area (Å²) in [5.74, 6) is -0.237. The number of phenols is 1. The second-order valence-corrected chi connectivity index (χ2v) is 30.0. The van der Waals surface area contributed by atoms with E-state index in [1.807, 2.05) is 159 Å². The summed E-state index contributed by atoms with van der Waals surface area (Å²) in [4.78, 5) is 121. The van der Waals surface area contributed by atoms with Crippen LogP contribution >= 0.6 is 0 Å². The highest BCUT2D eigenvalue weighted by atomic mass is 16.6. The van der Waals surface area contributed by atoms with E-state index in [1.165, 1.54) is 24.0 Å². The molecule has 7 aromatic carbocycles. The van der Waals surface area contributed by atoms with Crippen molar-refractivity contribution in [2.24, 2.45) is 0 Å². The van der Waals surface area contributed by atoms with Gasteiger partial charge in [0.15, 0.2) is 11.6 Å². The highest BCUT2D eigenvalue weighted by Gasteiger charge is 2.38. The molecular formula is C89H100N6O14. The number of aromatic nitrogens is 2. The van der Waals surface area contributed by atoms with Crippen LogP contribution in [0.1, 0.15) is 158 Å². The van der Waals surface area contributed by atoms with Crippen LogP contribution in [0.2, 0.25) is 0 Å². The number of hydrogen-bond acceptors (Lipinski definition) is 16. The Morgan fingerprint density at radius 3 is 1.34 bits per heavy atom. The molecule has 20 heteroatoms. The number of anilines is 2. The molecule has 0 aliphatic carbocycles. The Hall–Kier alpha value is -11.3. The van der Waals surface area contributed by atoms with Crippen LogP contribution in [0, 0.1) is 13.8 Å². The summed E-state index contributed by atoms with van der Waals surface area (Å²) in [7, 11) is 2.68. The number of phenolic OH excluding ortho intramolecular Hbond substituents is 1. The van der Waals surface area contributed by atoms with Crippen molar-refractivity contribution in [1.82, 2.24) is 19.8 Å². The largest absolute Gasteiger partial charge is 0.507 e. The van der Waals surface area contributed by atoms with E-state index >= 15 is 0 Å². The van der Waals surface area contributed by atoms with Crippen molar-refractivity contribution in [3.05, 3.63) is 216 Å². The molecule has 0 bridgehead atoms. The fraction of sp³-hybridized carbons (Fsp3) is 0.371. The number of likely N-dealkylation sites (tertiary alicyclic amines) is 2. The molecule has 0 spiro atoms. The van der Waals surface area contributed by atoms with Crippen LogP contribution < -0.4 is 14.5 Å². The summed E-state index contributed by atoms with van der Waals surface area (Å²) >= 11 is 0. The molecule has 1 N–H and O–H groups in total. The van der Waals surface area contributed by atoms with E-state index in [0.717, 1.165) is 77.4 Å². The van der Waals surface area contributed by atoms with Gasteiger partial charge in [-0.3, -0.25) is 38.6 Å². The van der Waals surface area contributed by atoms with Gasteiger partial charge in [0.25, 0.3) is 0 Å². The van der Waals surface area contributed by atoms with E-state index in [1.54, 1.807) is 75.9 Å². The average molecular weight is 1480 g/mol. The number of hydrogen-bond donors (Lipinski definition) is 1. The number of Topliss-reactive ketones (excluding diaryl/α,β-unsaturated/α-hetero) is 2. The van der Waals surface area contributed by atoms with Crippen molar-refractivity contribution in [1.29, 1.82) is 0 Å². The molecule has 2 aliphatic rings. The summed E-state index contributed by atoms with van der Waals surface area (Å²) in [5.41, 5.74) is 7.17. The molecule has 0 unspecified atom stereocenters. The fourth-order valence-electron chi connectivity index (χ4n) is 14.2. The third-order valence-corrected chi connectivity index (χ3v) is 19.6. The van der Waals surface area contributed by atoms with Gasteiger partial charge in [-0.2, -0.15) is 0 Å². The zero-order valence-electron chi connectivity index (χ0n) is 64.2. The van der Waals surface area contributed by atoms with Crippen molar-refractivity contribution in [2.45, 2.75) is 174 Å². The van der Waals surface area contributed by atoms with Crippen molar-refractivity contribution < 1.29 is 67.1 Å². The topological polar surface area (TPSA) is 242 Å². The van der Waals surface area contributed by atoms with Crippen LogP contribution in [0.3, 0.4) is 0 Å². The van der Waals surface area contributed by atoms with Gasteiger partial charge in [0.05, 0.1) is 39.1 Å². The third kappa shape index (κ3) is 21.8. The van der Waals surface area contributed by atoms with Gasteiger partial charge in [0, 0.05) is 86.9 Å². The normalized spacial score (nSPS) is 14.7. The predicted molar refractivity (Wildman–Crippen MR) is 422 cm³/mol. The average Bonchev–Trinajstić information content (AvgIpc) is 1.12. The minimum absolute atomic E-state index is 0.0257. The molecule has 9 aromatic rings. The number of nitrogens with zero attached hydrogens (tertiary/aromatic N) is 6. The van der Waals surface area contributed by atoms with Gasteiger partial charge in [0.1, 0.15) is 40.9 Å². The highest BCUT2D eigenvalue weighted by Crippen LogP contribution is 2.39. The van der Waals surface area contributed by atoms with Crippen LogP contribution in [0.5, 0.6) is 11.5 Å². The molecule has 11 rings (SSSR count). The molecule has 2 saturated heterocycles. The van der Waals surface area contributed by atoms with Crippen LogP contribution in [-0.4, -0.2) is 136 Å². The molecule has 0 radical (unpaired) electrons. The van der Waals surface area contributed by atoms with E-state index in [-0.39, 0.29) is 80.7 Å². The zero-order valence-corrected chi connectivity index (χ0v) is 64.2. The van der Waals surface area contributed by atoms with Gasteiger partial charge in [-0.25, -0.2) is 19.6 Å². The quantitative estimate of drug-likeness (QED) is 0.0372. The summed E-state index contributed by atoms with van der Waals surface area (Å²) in [5, 5.41) is 14.1. The second kappa shape index (κ2) is 37.0. The van der Waals surface area contributed by atoms with Crippen LogP contribution in [0.15, 0.2) is 188 Å². The number of fused-ring (bicyclic) bond motifs is 2. The monoisotopic (exact) mass is 1480 g/mol. The second-order valence-electron chi connectivity index (χ2n) is 30.0. The number of aromatic hydroxyl groups is 1. The molecule has 4 amide bonds. The third-order valence-electron chi connectivity index (χ3n) is 19.6. The number of pyridine rings is 2. The van der Waals surface area contributed by atoms with Gasteiger partial charge in [0.2, 0.25) is 11.8 Å². The van der Waals surface area contributed by atoms with E-state index in [2.05, 4.69) is 28.2 Å². The first-order chi connectivity index (χ1) is 52.2. The molecule has 109 heavy (non-hydrogen) atoms. The van der Waals surface area contributed by atoms with Gasteiger partial charge < -0.3 is 38.6 Å². The number of rotatable bonds is 27. The Kier molecular flexibility index (Phi) is 27.3. The zero-order chi connectivity index (χ0) is 77.9. The van der Waals surface area contributed by atoms with Gasteiger partial charge in [-0.05, 0) is 191 Å². The first kappa shape index (κ1) is 80.3. The van der Waals surface area contributed by atoms with Crippen LogP contribution in [-0.2, 0) is 54.3 Å². The number of aryl methyl sites for hydroxylation is 2. The van der Waals surface area contributed by atoms with Crippen molar-refractivity contribution >= 4 is 80.7 Å². The number of ketones is 2. The van der Waals surface area contributed by atoms with Crippen LogP contribution in [0.25, 0.3) is 43.8 Å². The van der Waals surface area contributed by atoms with Crippen LogP contribution in [0.4, 0.5) is 21.2 Å². The molecule has 4 heterocycles. The lowest BCUT2D eigenvalue weighted by atomic mass is 9.87. The smallest absolute Gasteiger partial charge is 0.416 e. The number of methoxy groups -OCH3 is 2. The van der Waals surface area contributed by atoms with E-state index < -0.39 is 59.2 Å². The first-order valence-electron chi connectivity index (χ1n) is 37.5. The standard InChI is InChI=1S/C48H53N3O7.C41H47N3O7/c1-33-25-26-49-44(29-33)51(47(55)58-48(2,3)4)28-12-18-45(53)50-27-11-17-41(50)42(52)30-37(31-46(54)56-5)35-19-21-36(22-20-35)38-23-24-43(40-16-10-9-15-39(38)40)57-32-34-13-7-6-8-14-34;1-27-20-21-42-37(24-27)44(40(49)51-41(2,3)4)23-9-13-38(47)43-22-8-12-34(43)36(46)25-30(26-39(48)50-5)28-14-16-29(17-15-28)31-18-19-35(45)33-11-7-6-10-32(31)33/h6-10,13-16,19-26,29,37,41H,11-12,17-18,27-28,30-32H2,1-5H3;6-7,10-11,14-21,24,30,34,45H,8-9,12-13,22-23,25-26H2,1-5H3/t37-,41-;30-,34-/m00/s1. The van der Waals surface area contributed by atoms with E-state index in [0.29, 0.717) is 69.9 Å². The summed E-state index contributed by atoms with van der Waals surface area (Å²) in [6.07, 6.45) is 5.97. The minimum Gasteiger partial charge on any atom is -0.507 e. The SMILES string of the molecule is COC(=O)C[C@H](CC(=O)[C@@H]1CCCN1C(=O)CCCN(C(=O)OC(C)(C)C)c1cc(C)ccn1)c1ccc(-c2ccc(O)c3ccccc23)cc1.COC(=O)C[C@H](CC(=O)[C@@H]1CCCN1C(=O)CCCN(C(=O)OC(C)(C)C)c1cc(C)ccn1)c1ccc(-c2ccc(OCc3ccccc3)c3ccccc23)cc1. The molecule has 20 nitrogen and oxygen atoms in total. The van der Waals surface area contributed by atoms with Crippen molar-refractivity contribution in [2.75, 3.05) is 50.2 Å². The number of ether oxygens (including phenoxy) is 5. The lowest BCUT2D eigenvalue weighted by Gasteiger charge is -2.28. The summed E-state index contributed by atoms with van der Waals surface area (Å²) in [6, 6.07) is 55.4. The van der Waals surface area contributed by atoms with Gasteiger partial charge in [-0.1, -0.05) is 140 Å². The molecular weight excluding hydrogens is 1380 g/mol. The van der Waals surface area contributed by atoms with Crippen molar-refractivity contribution in [3.63, 3.8) is 0 Å². The molecule has 2 aromatic heterocycles. The Balaban J connectivity index is 0.000000234.